The number of hydrogen-bond acceptors (Lipinski definition) is 10. The molecule has 14 nitrogen and oxygen atoms in total. The number of aromatic carboxylic acids is 4. The second kappa shape index (κ2) is 31.6. The number of halogens is 4. The third-order valence-electron chi connectivity index (χ3n) is 12.3. The van der Waals surface area contributed by atoms with Gasteiger partial charge in [0, 0.05) is 69.0 Å². The van der Waals surface area contributed by atoms with Crippen LogP contribution in [-0.2, 0) is 21.5 Å². The summed E-state index contributed by atoms with van der Waals surface area (Å²) in [7, 11) is 9.65. The maximum atomic E-state index is 11.1. The largest absolute Gasteiger partial charge is 0.265 e. The Labute approximate surface area is 522 Å². The number of aromatic nitrogens is 2. The molecule has 4 N–H and O–H groups in total. The molecular formula is C60H50I4N6O8Pd2-2. The average Bonchev–Trinajstić information content (AvgIpc) is 4.06. The van der Waals surface area contributed by atoms with Crippen molar-refractivity contribution in [3.63, 3.8) is 0 Å². The van der Waals surface area contributed by atoms with Gasteiger partial charge < -0.3 is 40.0 Å². The molecule has 0 radical (unpaired) electrons. The second-order valence-corrected chi connectivity index (χ2v) is 41.2. The summed E-state index contributed by atoms with van der Waals surface area (Å²) in [6.45, 7) is 3.96. The van der Waals surface area contributed by atoms with Gasteiger partial charge in [-0.05, 0) is 123 Å². The molecule has 0 amide bonds. The molecule has 0 aliphatic carbocycles. The van der Waals surface area contributed by atoms with Crippen molar-refractivity contribution < 1.29 is 61.1 Å². The van der Waals surface area contributed by atoms with Crippen molar-refractivity contribution in [2.45, 2.75) is 0 Å². The second-order valence-electron chi connectivity index (χ2n) is 17.2. The van der Waals surface area contributed by atoms with E-state index < -0.39 is 23.9 Å². The van der Waals surface area contributed by atoms with Crippen LogP contribution in [0.3, 0.4) is 0 Å². The minimum atomic E-state index is -0.952. The quantitative estimate of drug-likeness (QED) is 0.0639. The first-order valence-electron chi connectivity index (χ1n) is 23.6. The van der Waals surface area contributed by atoms with Gasteiger partial charge in [-0.2, -0.15) is 13.3 Å². The van der Waals surface area contributed by atoms with Gasteiger partial charge in [0.25, 0.3) is 0 Å². The zero-order valence-corrected chi connectivity index (χ0v) is 54.6. The Balaban J connectivity index is 0.000000188. The fraction of sp³-hybridized carbons (Fsp3) is 0.0667. The summed E-state index contributed by atoms with van der Waals surface area (Å²) >= 11 is 9.30. The number of benzene rings is 7. The molecule has 2 aromatic heterocycles. The monoisotopic (exact) mass is 1700 g/mol. The van der Waals surface area contributed by atoms with Gasteiger partial charge in [-0.25, -0.2) is 19.2 Å². The molecule has 11 rings (SSSR count). The van der Waals surface area contributed by atoms with Gasteiger partial charge in [0.15, 0.2) is 0 Å². The number of carbonyl (C=O) groups is 4. The molecule has 20 heteroatoms. The van der Waals surface area contributed by atoms with Crippen LogP contribution >= 0.6 is 78.1 Å². The number of carboxylic acids is 4. The number of rotatable bonds is 8. The van der Waals surface area contributed by atoms with Gasteiger partial charge in [0.1, 0.15) is 0 Å². The minimum absolute atomic E-state index is 0.248. The molecule has 0 unspecified atom stereocenters. The number of nitrogens with zero attached hydrogens (tertiary/aromatic N) is 6. The number of pyridine rings is 2. The summed E-state index contributed by atoms with van der Waals surface area (Å²) in [5.74, 6) is -3.81. The van der Waals surface area contributed by atoms with E-state index in [4.69, 9.17) is 20.4 Å². The molecule has 0 saturated heterocycles. The zero-order chi connectivity index (χ0) is 57.9. The van der Waals surface area contributed by atoms with Gasteiger partial charge in [0.05, 0.1) is 27.8 Å². The van der Waals surface area contributed by atoms with E-state index in [1.165, 1.54) is 5.39 Å². The Hall–Kier alpha value is -5.58. The Morgan fingerprint density at radius 3 is 0.887 bits per heavy atom. The van der Waals surface area contributed by atoms with Crippen molar-refractivity contribution in [1.29, 1.82) is 0 Å². The van der Waals surface area contributed by atoms with Crippen LogP contribution in [-0.4, -0.2) is 82.5 Å². The van der Waals surface area contributed by atoms with Crippen LogP contribution in [0.4, 0.5) is 22.7 Å². The first-order chi connectivity index (χ1) is 38.5. The van der Waals surface area contributed by atoms with E-state index in [0.717, 1.165) is 94.3 Å². The Kier molecular flexibility index (Phi) is 25.1. The summed E-state index contributed by atoms with van der Waals surface area (Å²) in [5, 5.41) is 37.7. The third-order valence-corrected chi connectivity index (χ3v) is 12.3. The molecule has 4 heterocycles. The van der Waals surface area contributed by atoms with E-state index in [9.17, 15) is 19.2 Å². The fourth-order valence-electron chi connectivity index (χ4n) is 8.77. The molecule has 9 aromatic rings. The van der Waals surface area contributed by atoms with Crippen LogP contribution in [0.2, 0.25) is 0 Å². The fourth-order valence-corrected chi connectivity index (χ4v) is 8.77. The van der Waals surface area contributed by atoms with Crippen molar-refractivity contribution in [2.24, 2.45) is 0 Å². The first-order valence-corrected chi connectivity index (χ1v) is 42.1. The molecule has 0 spiro atoms. The van der Waals surface area contributed by atoms with Crippen molar-refractivity contribution in [1.82, 2.24) is 9.97 Å². The molecule has 2 aliphatic heterocycles. The van der Waals surface area contributed by atoms with Crippen LogP contribution < -0.4 is 19.6 Å². The van der Waals surface area contributed by atoms with Crippen LogP contribution in [0, 0.1) is 13.3 Å². The van der Waals surface area contributed by atoms with E-state index in [1.54, 1.807) is 60.9 Å². The summed E-state index contributed by atoms with van der Waals surface area (Å²) in [6.07, 6.45) is 5.31. The number of anilines is 4. The standard InChI is InChI=1S/2C23H19N2O4.C9H7N.C5H5N.4HI.2Pd/c2*1-24-13-25(2)21-19(15-5-9-17(10-6-15)23(28)29)12-11-18(20(21)24)14-3-7-16(8-4-14)22(26)27;1-2-6-9-8(4-1)5-3-7-10-9;1-2-4-6-5-3-1;;;;;;/h2*3-13H,1-2H3,(H,26,27)(H,28,29);1-7H;1-5H;4*1H;;/q2*-1;;;;;;;2*+2/p-4. The van der Waals surface area contributed by atoms with Gasteiger partial charge in [-0.3, -0.25) is 9.97 Å². The number of para-hydroxylation sites is 1. The SMILES string of the molecule is CN1[CH-]N(C)c2c(-c3ccc(C(=O)O)cc3)ccc(-c3ccc(C(=O)O)cc3)c21.CN1[CH-]N(C)c2c(-c3ccc(C(=O)O)cc3)ccc(-c3ccc(C(=O)O)cc3)c21.[I][Pd][I].[I][Pd][I].c1ccc2ncccc2c1.c1ccncc1. The minimum Gasteiger partial charge on any atom is -0.265 e. The predicted molar refractivity (Wildman–Crippen MR) is 347 cm³/mol. The third kappa shape index (κ3) is 16.8. The molecular weight excluding hydrogens is 1650 g/mol. The van der Waals surface area contributed by atoms with E-state index >= 15 is 0 Å². The molecule has 0 atom stereocenters. The zero-order valence-electron chi connectivity index (χ0n) is 42.9. The normalized spacial score (nSPS) is 11.7. The maximum absolute atomic E-state index is 11.1. The Morgan fingerprint density at radius 2 is 0.650 bits per heavy atom. The first kappa shape index (κ1) is 63.6. The van der Waals surface area contributed by atoms with Gasteiger partial charge in [0.2, 0.25) is 0 Å². The van der Waals surface area contributed by atoms with Crippen LogP contribution in [0.1, 0.15) is 41.4 Å². The smallest absolute Gasteiger partial charge is 0.0701 e. The van der Waals surface area contributed by atoms with E-state index in [1.807, 2.05) is 183 Å². The summed E-state index contributed by atoms with van der Waals surface area (Å²) in [5.41, 5.74) is 13.8. The molecule has 2 aliphatic rings. The Bertz CT molecular complexity index is 3090. The van der Waals surface area contributed by atoms with Gasteiger partial charge in [-0.1, -0.05) is 103 Å². The average molecular weight is 1700 g/mol. The summed E-state index contributed by atoms with van der Waals surface area (Å²) in [4.78, 5) is 60.7. The molecule has 0 saturated carbocycles. The van der Waals surface area contributed by atoms with Crippen LogP contribution in [0.25, 0.3) is 55.4 Å². The predicted octanol–water partition coefficient (Wildman–Crippen LogP) is 15.7. The molecule has 80 heavy (non-hydrogen) atoms. The number of hydrogen-bond donors (Lipinski definition) is 4. The van der Waals surface area contributed by atoms with Crippen LogP contribution in [0.5, 0.6) is 0 Å². The van der Waals surface area contributed by atoms with E-state index in [2.05, 4.69) is 100 Å². The number of fused-ring (bicyclic) bond motifs is 3. The molecule has 0 fully saturated rings. The maximum Gasteiger partial charge on any atom is 0.0701 e. The van der Waals surface area contributed by atoms with E-state index in [0.29, 0.717) is 0 Å². The van der Waals surface area contributed by atoms with Crippen LogP contribution in [0.15, 0.2) is 195 Å². The molecule has 7 aromatic carbocycles. The molecule has 418 valence electrons. The van der Waals surface area contributed by atoms with Crippen molar-refractivity contribution in [2.75, 3.05) is 47.8 Å². The number of carboxylic acid groups (broad SMARTS) is 4. The topological polar surface area (TPSA) is 188 Å². The van der Waals surface area contributed by atoms with Crippen molar-refractivity contribution in [3.8, 4) is 44.5 Å². The van der Waals surface area contributed by atoms with Crippen molar-refractivity contribution in [3.05, 3.63) is 230 Å². The molecule has 0 bridgehead atoms. The van der Waals surface area contributed by atoms with E-state index in [-0.39, 0.29) is 22.3 Å². The summed E-state index contributed by atoms with van der Waals surface area (Å²) < 4.78 is 0. The summed E-state index contributed by atoms with van der Waals surface area (Å²) in [6, 6.07) is 53.2. The Morgan fingerprint density at radius 1 is 0.375 bits per heavy atom. The van der Waals surface area contributed by atoms with Gasteiger partial charge in [-0.15, -0.1) is 0 Å². The van der Waals surface area contributed by atoms with Gasteiger partial charge >= 0.3 is 123 Å². The van der Waals surface area contributed by atoms with Crippen molar-refractivity contribution >= 4 is 136 Å².